The third-order valence-corrected chi connectivity index (χ3v) is 6.44. The van der Waals surface area contributed by atoms with Gasteiger partial charge in [-0.05, 0) is 24.6 Å². The Morgan fingerprint density at radius 3 is 2.46 bits per heavy atom. The van der Waals surface area contributed by atoms with E-state index in [1.54, 1.807) is 24.3 Å². The molecule has 2 aromatic carbocycles. The van der Waals surface area contributed by atoms with Gasteiger partial charge >= 0.3 is 5.66 Å². The van der Waals surface area contributed by atoms with E-state index in [4.69, 9.17) is 6.57 Å². The van der Waals surface area contributed by atoms with Crippen LogP contribution >= 0.6 is 0 Å². The number of rotatable bonds is 4. The van der Waals surface area contributed by atoms with Crippen molar-refractivity contribution in [3.63, 3.8) is 0 Å². The Labute approximate surface area is 141 Å². The lowest BCUT2D eigenvalue weighted by Crippen LogP contribution is -2.43. The Balaban J connectivity index is 2.00. The first kappa shape index (κ1) is 16.3. The van der Waals surface area contributed by atoms with Crippen molar-refractivity contribution < 1.29 is 8.42 Å². The first-order valence-corrected chi connectivity index (χ1v) is 9.14. The van der Waals surface area contributed by atoms with E-state index in [1.807, 2.05) is 37.3 Å². The number of benzene rings is 2. The van der Waals surface area contributed by atoms with Gasteiger partial charge in [-0.15, -0.1) is 5.11 Å². The summed E-state index contributed by atoms with van der Waals surface area (Å²) in [6.45, 7) is 9.53. The van der Waals surface area contributed by atoms with Gasteiger partial charge in [0, 0.05) is 0 Å². The predicted molar refractivity (Wildman–Crippen MR) is 91.4 cm³/mol. The molecule has 1 aliphatic heterocycles. The number of azo groups is 1. The largest absolute Gasteiger partial charge is 0.363 e. The third kappa shape index (κ3) is 2.83. The molecule has 0 fully saturated rings. The molecule has 5 nitrogen and oxygen atoms in total. The minimum Gasteiger partial charge on any atom is -0.281 e. The Morgan fingerprint density at radius 1 is 1.17 bits per heavy atom. The minimum absolute atomic E-state index is 0.0193. The molecule has 24 heavy (non-hydrogen) atoms. The van der Waals surface area contributed by atoms with E-state index in [0.29, 0.717) is 0 Å². The van der Waals surface area contributed by atoms with Gasteiger partial charge < -0.3 is 0 Å². The van der Waals surface area contributed by atoms with Crippen LogP contribution in [0, 0.1) is 13.5 Å². The van der Waals surface area contributed by atoms with E-state index < -0.39 is 20.8 Å². The first-order chi connectivity index (χ1) is 11.5. The van der Waals surface area contributed by atoms with Crippen molar-refractivity contribution >= 4 is 9.84 Å². The molecule has 0 N–H and O–H groups in total. The Hall–Kier alpha value is -2.52. The number of hydrogen-bond acceptors (Lipinski definition) is 4. The van der Waals surface area contributed by atoms with E-state index in [-0.39, 0.29) is 17.9 Å². The standard InChI is InChI=1S/C18H17N3O2S/c1-14-8-10-16(11-9-14)24(22,23)17-13-20-21-18(17,19-2)12-15-6-4-3-5-7-15/h3-11,17H,12-13H2,1H3/t17-,18+/m1/s1. The highest BCUT2D eigenvalue weighted by Crippen LogP contribution is 2.36. The van der Waals surface area contributed by atoms with Gasteiger partial charge in [-0.2, -0.15) is 5.11 Å². The molecule has 0 radical (unpaired) electrons. The molecule has 0 unspecified atom stereocenters. The maximum absolute atomic E-state index is 13.0. The molecule has 1 aliphatic rings. The number of aryl methyl sites for hydroxylation is 1. The lowest BCUT2D eigenvalue weighted by atomic mass is 9.98. The fraction of sp³-hybridized carbons (Fsp3) is 0.278. The number of sulfone groups is 1. The first-order valence-electron chi connectivity index (χ1n) is 7.60. The van der Waals surface area contributed by atoms with Crippen molar-refractivity contribution in [3.8, 4) is 0 Å². The van der Waals surface area contributed by atoms with Crippen molar-refractivity contribution in [2.24, 2.45) is 10.2 Å². The molecule has 2 aromatic rings. The summed E-state index contributed by atoms with van der Waals surface area (Å²) in [7, 11) is -3.70. The van der Waals surface area contributed by atoms with Crippen LogP contribution < -0.4 is 0 Å². The molecule has 0 spiro atoms. The summed E-state index contributed by atoms with van der Waals surface area (Å²) >= 11 is 0. The molecule has 0 aliphatic carbocycles. The fourth-order valence-electron chi connectivity index (χ4n) is 2.87. The van der Waals surface area contributed by atoms with Gasteiger partial charge in [0.25, 0.3) is 0 Å². The van der Waals surface area contributed by atoms with Gasteiger partial charge in [-0.1, -0.05) is 48.0 Å². The highest BCUT2D eigenvalue weighted by atomic mass is 32.2. The third-order valence-electron chi connectivity index (χ3n) is 4.23. The number of nitrogens with zero attached hydrogens (tertiary/aromatic N) is 3. The lowest BCUT2D eigenvalue weighted by molar-refractivity contribution is 0.503. The SMILES string of the molecule is [C-]#[N+][C@@]1(Cc2ccccc2)N=NC[C@H]1S(=O)(=O)c1ccc(C)cc1. The molecule has 6 heteroatoms. The molecule has 0 saturated heterocycles. The summed E-state index contributed by atoms with van der Waals surface area (Å²) in [6.07, 6.45) is 0.233. The van der Waals surface area contributed by atoms with Crippen molar-refractivity contribution in [3.05, 3.63) is 77.1 Å². The van der Waals surface area contributed by atoms with Crippen molar-refractivity contribution in [1.82, 2.24) is 0 Å². The number of hydrogen-bond donors (Lipinski definition) is 0. The van der Waals surface area contributed by atoms with Gasteiger partial charge in [0.05, 0.1) is 17.9 Å². The van der Waals surface area contributed by atoms with Crippen LogP contribution in [0.5, 0.6) is 0 Å². The fourth-order valence-corrected chi connectivity index (χ4v) is 4.65. The van der Waals surface area contributed by atoms with Gasteiger partial charge in [-0.25, -0.2) is 15.0 Å². The molecule has 0 aromatic heterocycles. The van der Waals surface area contributed by atoms with E-state index in [0.717, 1.165) is 11.1 Å². The highest BCUT2D eigenvalue weighted by molar-refractivity contribution is 7.92. The summed E-state index contributed by atoms with van der Waals surface area (Å²) < 4.78 is 26.1. The van der Waals surface area contributed by atoms with Crippen molar-refractivity contribution in [2.75, 3.05) is 6.54 Å². The summed E-state index contributed by atoms with van der Waals surface area (Å²) in [5, 5.41) is 7.02. The summed E-state index contributed by atoms with van der Waals surface area (Å²) in [6, 6.07) is 16.0. The second-order valence-electron chi connectivity index (χ2n) is 5.92. The molecular formula is C18H17N3O2S. The van der Waals surface area contributed by atoms with Gasteiger partial charge in [0.15, 0.2) is 15.1 Å². The summed E-state index contributed by atoms with van der Waals surface area (Å²) in [5.41, 5.74) is 0.458. The van der Waals surface area contributed by atoms with E-state index in [9.17, 15) is 8.42 Å². The van der Waals surface area contributed by atoms with Crippen LogP contribution in [0.25, 0.3) is 4.85 Å². The van der Waals surface area contributed by atoms with Crippen LogP contribution in [0.2, 0.25) is 0 Å². The Bertz CT molecular complexity index is 900. The topological polar surface area (TPSA) is 63.2 Å². The van der Waals surface area contributed by atoms with Crippen LogP contribution in [0.3, 0.4) is 0 Å². The monoisotopic (exact) mass is 339 g/mol. The zero-order valence-electron chi connectivity index (χ0n) is 13.3. The molecule has 2 atom stereocenters. The highest BCUT2D eigenvalue weighted by Gasteiger charge is 2.56. The molecule has 1 heterocycles. The average molecular weight is 339 g/mol. The Kier molecular flexibility index (Phi) is 4.20. The molecule has 122 valence electrons. The summed E-state index contributed by atoms with van der Waals surface area (Å²) in [5.74, 6) is 0. The average Bonchev–Trinajstić information content (AvgIpc) is 3.01. The van der Waals surface area contributed by atoms with Gasteiger partial charge in [0.2, 0.25) is 0 Å². The second kappa shape index (κ2) is 6.17. The maximum atomic E-state index is 13.0. The molecule has 0 amide bonds. The Morgan fingerprint density at radius 2 is 1.83 bits per heavy atom. The van der Waals surface area contributed by atoms with Gasteiger partial charge in [0.1, 0.15) is 0 Å². The van der Waals surface area contributed by atoms with E-state index in [1.165, 1.54) is 0 Å². The van der Waals surface area contributed by atoms with Crippen LogP contribution in [-0.4, -0.2) is 25.9 Å². The molecule has 3 rings (SSSR count). The van der Waals surface area contributed by atoms with Crippen LogP contribution in [0.15, 0.2) is 69.7 Å². The van der Waals surface area contributed by atoms with Crippen LogP contribution in [0.1, 0.15) is 11.1 Å². The lowest BCUT2D eigenvalue weighted by Gasteiger charge is -2.20. The van der Waals surface area contributed by atoms with Gasteiger partial charge in [-0.3, -0.25) is 4.85 Å². The van der Waals surface area contributed by atoms with Crippen molar-refractivity contribution in [1.29, 1.82) is 0 Å². The zero-order chi connectivity index (χ0) is 17.2. The molecule has 0 bridgehead atoms. The summed E-state index contributed by atoms with van der Waals surface area (Å²) in [4.78, 5) is 3.83. The van der Waals surface area contributed by atoms with E-state index in [2.05, 4.69) is 15.1 Å². The van der Waals surface area contributed by atoms with Crippen molar-refractivity contribution in [2.45, 2.75) is 29.2 Å². The predicted octanol–water partition coefficient (Wildman–Crippen LogP) is 3.46. The van der Waals surface area contributed by atoms with Crippen LogP contribution in [0.4, 0.5) is 0 Å². The van der Waals surface area contributed by atoms with Crippen LogP contribution in [-0.2, 0) is 16.3 Å². The minimum atomic E-state index is -3.70. The van der Waals surface area contributed by atoms with E-state index >= 15 is 0 Å². The second-order valence-corrected chi connectivity index (χ2v) is 8.05. The molecule has 0 saturated carbocycles. The quantitative estimate of drug-likeness (QED) is 0.801. The molecular weight excluding hydrogens is 322 g/mol. The smallest absolute Gasteiger partial charge is 0.281 e. The zero-order valence-corrected chi connectivity index (χ0v) is 14.1. The normalized spacial score (nSPS) is 23.1. The maximum Gasteiger partial charge on any atom is 0.363 e.